The Balaban J connectivity index is 2.55. The fourth-order valence-electron chi connectivity index (χ4n) is 1.56. The van der Waals surface area contributed by atoms with Crippen LogP contribution >= 0.6 is 11.6 Å². The predicted molar refractivity (Wildman–Crippen MR) is 73.1 cm³/mol. The van der Waals surface area contributed by atoms with Crippen LogP contribution in [0.25, 0.3) is 0 Å². The molecule has 1 atom stereocenters. The first-order valence-electron chi connectivity index (χ1n) is 6.13. The largest absolute Gasteiger partial charge is 0.456 e. The first kappa shape index (κ1) is 15.1. The lowest BCUT2D eigenvalue weighted by atomic mass is 10.2. The van der Waals surface area contributed by atoms with E-state index in [0.717, 1.165) is 12.1 Å². The minimum Gasteiger partial charge on any atom is -0.456 e. The molecule has 18 heavy (non-hydrogen) atoms. The third-order valence-corrected chi connectivity index (χ3v) is 3.49. The Morgan fingerprint density at radius 3 is 2.78 bits per heavy atom. The van der Waals surface area contributed by atoms with E-state index in [-0.39, 0.29) is 5.91 Å². The molecule has 4 nitrogen and oxygen atoms in total. The maximum Gasteiger partial charge on any atom is 0.287 e. The van der Waals surface area contributed by atoms with Gasteiger partial charge in [-0.15, -0.1) is 11.6 Å². The van der Waals surface area contributed by atoms with E-state index in [4.69, 9.17) is 16.0 Å². The van der Waals surface area contributed by atoms with Crippen molar-refractivity contribution in [2.75, 3.05) is 20.1 Å². The van der Waals surface area contributed by atoms with Crippen molar-refractivity contribution in [3.8, 4) is 0 Å². The number of likely N-dealkylation sites (N-methyl/N-ethyl adjacent to an activating group) is 1. The zero-order valence-corrected chi connectivity index (χ0v) is 12.2. The Morgan fingerprint density at radius 2 is 2.28 bits per heavy atom. The average Bonchev–Trinajstić information content (AvgIpc) is 2.75. The van der Waals surface area contributed by atoms with Crippen LogP contribution in [0.5, 0.6) is 0 Å². The van der Waals surface area contributed by atoms with Crippen molar-refractivity contribution in [3.63, 3.8) is 0 Å². The summed E-state index contributed by atoms with van der Waals surface area (Å²) < 4.78 is 5.38. The van der Waals surface area contributed by atoms with Gasteiger partial charge in [0.05, 0.1) is 5.88 Å². The van der Waals surface area contributed by atoms with Gasteiger partial charge < -0.3 is 14.6 Å². The highest BCUT2D eigenvalue weighted by atomic mass is 35.5. The number of carbonyl (C=O) groups excluding carboxylic acids is 1. The van der Waals surface area contributed by atoms with E-state index in [2.05, 4.69) is 24.1 Å². The molecule has 0 aromatic carbocycles. The van der Waals surface area contributed by atoms with Crippen LogP contribution < -0.4 is 5.32 Å². The molecule has 5 heteroatoms. The zero-order chi connectivity index (χ0) is 13.7. The third-order valence-electron chi connectivity index (χ3n) is 3.20. The van der Waals surface area contributed by atoms with Gasteiger partial charge in [-0.25, -0.2) is 0 Å². The normalized spacial score (nSPS) is 12.8. The Kier molecular flexibility index (Phi) is 5.69. The number of hydrogen-bond donors (Lipinski definition) is 1. The smallest absolute Gasteiger partial charge is 0.287 e. The molecule has 0 spiro atoms. The summed E-state index contributed by atoms with van der Waals surface area (Å²) >= 11 is 5.74. The standard InChI is InChI=1S/C13H21ClN2O2/c1-5-16(4)9(2)8-15-13(17)12-6-11(7-14)10(3)18-12/h6,9H,5,7-8H2,1-4H3,(H,15,17). The van der Waals surface area contributed by atoms with Gasteiger partial charge in [0.2, 0.25) is 0 Å². The minimum atomic E-state index is -0.189. The lowest BCUT2D eigenvalue weighted by Crippen LogP contribution is -2.39. The highest BCUT2D eigenvalue weighted by Crippen LogP contribution is 2.16. The van der Waals surface area contributed by atoms with Crippen molar-refractivity contribution in [3.05, 3.63) is 23.2 Å². The first-order chi connectivity index (χ1) is 8.49. The molecule has 102 valence electrons. The van der Waals surface area contributed by atoms with E-state index in [1.165, 1.54) is 0 Å². The Hall–Kier alpha value is -1.00. The molecule has 1 unspecified atom stereocenters. The highest BCUT2D eigenvalue weighted by Gasteiger charge is 2.15. The summed E-state index contributed by atoms with van der Waals surface area (Å²) in [5.41, 5.74) is 0.862. The van der Waals surface area contributed by atoms with Gasteiger partial charge in [-0.3, -0.25) is 4.79 Å². The van der Waals surface area contributed by atoms with Gasteiger partial charge in [0.1, 0.15) is 5.76 Å². The van der Waals surface area contributed by atoms with Crippen LogP contribution in [0, 0.1) is 6.92 Å². The van der Waals surface area contributed by atoms with Crippen LogP contribution in [0.15, 0.2) is 10.5 Å². The van der Waals surface area contributed by atoms with Crippen LogP contribution in [-0.4, -0.2) is 37.0 Å². The molecule has 1 aromatic rings. The molecule has 0 bridgehead atoms. The fraction of sp³-hybridized carbons (Fsp3) is 0.615. The van der Waals surface area contributed by atoms with E-state index in [9.17, 15) is 4.79 Å². The number of rotatable bonds is 6. The van der Waals surface area contributed by atoms with Gasteiger partial charge in [-0.2, -0.15) is 0 Å². The Morgan fingerprint density at radius 1 is 1.61 bits per heavy atom. The van der Waals surface area contributed by atoms with Gasteiger partial charge in [-0.1, -0.05) is 6.92 Å². The SMILES string of the molecule is CCN(C)C(C)CNC(=O)c1cc(CCl)c(C)o1. The molecule has 0 aliphatic rings. The zero-order valence-electron chi connectivity index (χ0n) is 11.4. The summed E-state index contributed by atoms with van der Waals surface area (Å²) in [5, 5.41) is 2.86. The second-order valence-electron chi connectivity index (χ2n) is 4.46. The summed E-state index contributed by atoms with van der Waals surface area (Å²) in [6.07, 6.45) is 0. The average molecular weight is 273 g/mol. The minimum absolute atomic E-state index is 0.189. The highest BCUT2D eigenvalue weighted by molar-refractivity contribution is 6.17. The van der Waals surface area contributed by atoms with Crippen LogP contribution in [0.1, 0.15) is 35.7 Å². The van der Waals surface area contributed by atoms with Gasteiger partial charge in [0.15, 0.2) is 5.76 Å². The summed E-state index contributed by atoms with van der Waals surface area (Å²) in [6, 6.07) is 1.99. The molecule has 1 heterocycles. The molecule has 0 saturated carbocycles. The molecule has 0 saturated heterocycles. The number of aryl methyl sites for hydroxylation is 1. The molecule has 1 N–H and O–H groups in total. The van der Waals surface area contributed by atoms with Crippen molar-refractivity contribution < 1.29 is 9.21 Å². The lowest BCUT2D eigenvalue weighted by Gasteiger charge is -2.22. The van der Waals surface area contributed by atoms with E-state index < -0.39 is 0 Å². The number of amides is 1. The number of furan rings is 1. The molecule has 0 aliphatic heterocycles. The van der Waals surface area contributed by atoms with Gasteiger partial charge >= 0.3 is 0 Å². The quantitative estimate of drug-likeness (QED) is 0.809. The van der Waals surface area contributed by atoms with E-state index in [1.54, 1.807) is 6.07 Å². The first-order valence-corrected chi connectivity index (χ1v) is 6.66. The molecular weight excluding hydrogens is 252 g/mol. The molecule has 1 amide bonds. The second-order valence-corrected chi connectivity index (χ2v) is 4.73. The van der Waals surface area contributed by atoms with Crippen LogP contribution in [0.4, 0.5) is 0 Å². The molecule has 1 rings (SSSR count). The molecule has 1 aromatic heterocycles. The van der Waals surface area contributed by atoms with Gasteiger partial charge in [0, 0.05) is 18.2 Å². The fourth-order valence-corrected chi connectivity index (χ4v) is 1.82. The number of nitrogens with one attached hydrogen (secondary N) is 1. The molecule has 0 fully saturated rings. The number of carbonyl (C=O) groups is 1. The molecule has 0 radical (unpaired) electrons. The van der Waals surface area contributed by atoms with E-state index in [0.29, 0.717) is 30.0 Å². The van der Waals surface area contributed by atoms with E-state index >= 15 is 0 Å². The predicted octanol–water partition coefficient (Wildman–Crippen LogP) is 2.40. The van der Waals surface area contributed by atoms with Crippen molar-refractivity contribution >= 4 is 17.5 Å². The topological polar surface area (TPSA) is 45.5 Å². The Bertz CT molecular complexity index is 404. The second kappa shape index (κ2) is 6.81. The van der Waals surface area contributed by atoms with E-state index in [1.807, 2.05) is 14.0 Å². The monoisotopic (exact) mass is 272 g/mol. The van der Waals surface area contributed by atoms with Crippen LogP contribution in [0.2, 0.25) is 0 Å². The number of nitrogens with zero attached hydrogens (tertiary/aromatic N) is 1. The van der Waals surface area contributed by atoms with Crippen LogP contribution in [0.3, 0.4) is 0 Å². The maximum atomic E-state index is 11.9. The number of halogens is 1. The van der Waals surface area contributed by atoms with Gasteiger partial charge in [-0.05, 0) is 33.5 Å². The Labute approximate surface area is 113 Å². The van der Waals surface area contributed by atoms with Crippen molar-refractivity contribution in [1.29, 1.82) is 0 Å². The van der Waals surface area contributed by atoms with Crippen molar-refractivity contribution in [2.45, 2.75) is 32.7 Å². The summed E-state index contributed by atoms with van der Waals surface area (Å²) in [4.78, 5) is 14.0. The summed E-state index contributed by atoms with van der Waals surface area (Å²) in [7, 11) is 2.03. The maximum absolute atomic E-state index is 11.9. The lowest BCUT2D eigenvalue weighted by molar-refractivity contribution is 0.0912. The number of alkyl halides is 1. The summed E-state index contributed by atoms with van der Waals surface area (Å²) in [6.45, 7) is 7.51. The third kappa shape index (κ3) is 3.75. The van der Waals surface area contributed by atoms with Crippen molar-refractivity contribution in [2.24, 2.45) is 0 Å². The van der Waals surface area contributed by atoms with Crippen LogP contribution in [-0.2, 0) is 5.88 Å². The number of hydrogen-bond acceptors (Lipinski definition) is 3. The summed E-state index contributed by atoms with van der Waals surface area (Å²) in [5.74, 6) is 1.20. The molecule has 0 aliphatic carbocycles. The molecular formula is C13H21ClN2O2. The van der Waals surface area contributed by atoms with Crippen molar-refractivity contribution in [1.82, 2.24) is 10.2 Å². The van der Waals surface area contributed by atoms with Gasteiger partial charge in [0.25, 0.3) is 5.91 Å².